The van der Waals surface area contributed by atoms with Crippen LogP contribution in [0.5, 0.6) is 0 Å². The van der Waals surface area contributed by atoms with Crippen LogP contribution in [0.25, 0.3) is 0 Å². The van der Waals surface area contributed by atoms with Crippen LogP contribution in [0.15, 0.2) is 30.3 Å². The van der Waals surface area contributed by atoms with Gasteiger partial charge < -0.3 is 9.47 Å². The molecule has 0 heterocycles. The van der Waals surface area contributed by atoms with Gasteiger partial charge >= 0.3 is 18.0 Å². The second-order valence-electron chi connectivity index (χ2n) is 5.29. The van der Waals surface area contributed by atoms with Gasteiger partial charge in [-0.05, 0) is 31.4 Å². The highest BCUT2D eigenvalue weighted by atomic mass is 32.2. The Kier molecular flexibility index (Phi) is 9.95. The molecule has 0 N–H and O–H groups in total. The lowest BCUT2D eigenvalue weighted by molar-refractivity contribution is -0.147. The van der Waals surface area contributed by atoms with Crippen molar-refractivity contribution in [3.8, 4) is 0 Å². The topological polar surface area (TPSA) is 93.2 Å². The predicted octanol–water partition coefficient (Wildman–Crippen LogP) is 1.88. The first-order valence-corrected chi connectivity index (χ1v) is 9.61. The Hall–Kier alpha value is -2.55. The predicted molar refractivity (Wildman–Crippen MR) is 101 cm³/mol. The van der Waals surface area contributed by atoms with Gasteiger partial charge in [0.15, 0.2) is 0 Å². The van der Waals surface area contributed by atoms with Crippen molar-refractivity contribution in [3.05, 3.63) is 35.9 Å². The number of amides is 3. The first-order chi connectivity index (χ1) is 13.0. The van der Waals surface area contributed by atoms with Crippen molar-refractivity contribution in [2.75, 3.05) is 26.0 Å². The second kappa shape index (κ2) is 11.9. The van der Waals surface area contributed by atoms with Gasteiger partial charge in [-0.3, -0.25) is 18.8 Å². The fourth-order valence-corrected chi connectivity index (χ4v) is 2.97. The minimum atomic E-state index is -0.959. The Morgan fingerprint density at radius 1 is 1.11 bits per heavy atom. The number of hydrogen-bond acceptors (Lipinski definition) is 7. The van der Waals surface area contributed by atoms with E-state index in [0.717, 1.165) is 21.8 Å². The van der Waals surface area contributed by atoms with Crippen molar-refractivity contribution in [3.63, 3.8) is 0 Å². The Balaban J connectivity index is 3.06. The third kappa shape index (κ3) is 6.93. The summed E-state index contributed by atoms with van der Waals surface area (Å²) in [7, 11) is 0. The summed E-state index contributed by atoms with van der Waals surface area (Å²) < 4.78 is 11.0. The third-order valence-electron chi connectivity index (χ3n) is 3.48. The molecule has 0 aliphatic heterocycles. The van der Waals surface area contributed by atoms with Gasteiger partial charge in [0.1, 0.15) is 12.6 Å². The summed E-state index contributed by atoms with van der Waals surface area (Å²) in [5, 5.41) is 0. The van der Waals surface area contributed by atoms with E-state index in [4.69, 9.17) is 9.47 Å². The number of esters is 2. The number of carbonyl (C=O) groups is 4. The van der Waals surface area contributed by atoms with Crippen molar-refractivity contribution in [2.45, 2.75) is 26.3 Å². The molecule has 0 aliphatic carbocycles. The molecule has 0 saturated carbocycles. The molecule has 1 aromatic rings. The molecular formula is C18H24N2O6S. The minimum absolute atomic E-state index is 0.130. The lowest BCUT2D eigenvalue weighted by atomic mass is 10.1. The zero-order chi connectivity index (χ0) is 20.2. The van der Waals surface area contributed by atoms with E-state index in [1.165, 1.54) is 0 Å². The van der Waals surface area contributed by atoms with Gasteiger partial charge in [-0.1, -0.05) is 30.3 Å². The summed E-state index contributed by atoms with van der Waals surface area (Å²) in [5.41, 5.74) is 0.824. The summed E-state index contributed by atoms with van der Waals surface area (Å²) in [5.74, 6) is -1.30. The normalized spacial score (nSPS) is 11.2. The molecule has 8 nitrogen and oxygen atoms in total. The molecule has 9 heteroatoms. The maximum Gasteiger partial charge on any atom is 0.337 e. The monoisotopic (exact) mass is 396 g/mol. The molecule has 1 rings (SSSR count). The molecule has 0 aliphatic rings. The number of rotatable bonds is 10. The zero-order valence-electron chi connectivity index (χ0n) is 15.6. The molecule has 1 atom stereocenters. The summed E-state index contributed by atoms with van der Waals surface area (Å²) in [6.45, 7) is 3.04. The van der Waals surface area contributed by atoms with Gasteiger partial charge in [0.2, 0.25) is 6.41 Å². The van der Waals surface area contributed by atoms with E-state index in [1.54, 1.807) is 20.1 Å². The largest absolute Gasteiger partial charge is 0.465 e. The van der Waals surface area contributed by atoms with Crippen LogP contribution in [0.4, 0.5) is 4.79 Å². The molecule has 148 valence electrons. The molecule has 3 amide bonds. The van der Waals surface area contributed by atoms with Gasteiger partial charge in [0.05, 0.1) is 13.2 Å². The zero-order valence-corrected chi connectivity index (χ0v) is 16.4. The van der Waals surface area contributed by atoms with Crippen LogP contribution in [-0.2, 0) is 30.3 Å². The first kappa shape index (κ1) is 22.5. The minimum Gasteiger partial charge on any atom is -0.465 e. The van der Waals surface area contributed by atoms with Gasteiger partial charge in [0, 0.05) is 12.7 Å². The number of hydrogen-bond donors (Lipinski definition) is 0. The van der Waals surface area contributed by atoms with Crippen molar-refractivity contribution >= 4 is 36.3 Å². The average molecular weight is 396 g/mol. The summed E-state index contributed by atoms with van der Waals surface area (Å²) in [4.78, 5) is 48.9. The van der Waals surface area contributed by atoms with Crippen LogP contribution in [0.1, 0.15) is 19.4 Å². The van der Waals surface area contributed by atoms with E-state index in [-0.39, 0.29) is 26.0 Å². The number of urea groups is 1. The fraction of sp³-hybridized carbons (Fsp3) is 0.444. The maximum atomic E-state index is 12.8. The lowest BCUT2D eigenvalue weighted by Crippen LogP contribution is -2.49. The van der Waals surface area contributed by atoms with Gasteiger partial charge in [-0.25, -0.2) is 9.59 Å². The SMILES string of the molecule is CCOC(=O)CN(C=O)C(=O)N(SC)C(Cc1ccccc1)C(=O)OCC. The highest BCUT2D eigenvalue weighted by Gasteiger charge is 2.34. The smallest absolute Gasteiger partial charge is 0.337 e. The van der Waals surface area contributed by atoms with Gasteiger partial charge in [-0.15, -0.1) is 0 Å². The van der Waals surface area contributed by atoms with Crippen molar-refractivity contribution in [1.82, 2.24) is 9.21 Å². The number of nitrogens with zero attached hydrogens (tertiary/aromatic N) is 2. The molecule has 0 spiro atoms. The first-order valence-electron chi connectivity index (χ1n) is 8.43. The summed E-state index contributed by atoms with van der Waals surface area (Å²) in [6, 6.07) is 7.38. The van der Waals surface area contributed by atoms with Crippen molar-refractivity contribution < 1.29 is 28.7 Å². The van der Waals surface area contributed by atoms with Crippen LogP contribution in [0.3, 0.4) is 0 Å². The number of carbonyl (C=O) groups excluding carboxylic acids is 4. The fourth-order valence-electron chi connectivity index (χ4n) is 2.30. The molecule has 27 heavy (non-hydrogen) atoms. The maximum absolute atomic E-state index is 12.8. The Labute approximate surface area is 162 Å². The number of benzene rings is 1. The molecule has 0 saturated heterocycles. The molecule has 0 aromatic heterocycles. The van der Waals surface area contributed by atoms with E-state index in [0.29, 0.717) is 4.90 Å². The van der Waals surface area contributed by atoms with Crippen LogP contribution in [-0.4, -0.2) is 65.6 Å². The standard InChI is InChI=1S/C18H24N2O6S/c1-4-25-16(22)12-19(13-21)18(24)20(27-3)15(17(23)26-5-2)11-14-9-7-6-8-10-14/h6-10,13,15H,4-5,11-12H2,1-3H3. The van der Waals surface area contributed by atoms with E-state index < -0.39 is 30.6 Å². The molecule has 0 fully saturated rings. The van der Waals surface area contributed by atoms with E-state index in [9.17, 15) is 19.2 Å². The van der Waals surface area contributed by atoms with Crippen LogP contribution in [0, 0.1) is 0 Å². The Morgan fingerprint density at radius 2 is 1.74 bits per heavy atom. The van der Waals surface area contributed by atoms with E-state index in [1.807, 2.05) is 30.3 Å². The highest BCUT2D eigenvalue weighted by molar-refractivity contribution is 7.96. The van der Waals surface area contributed by atoms with Gasteiger partial charge in [-0.2, -0.15) is 0 Å². The summed E-state index contributed by atoms with van der Waals surface area (Å²) in [6.07, 6.45) is 2.05. The van der Waals surface area contributed by atoms with E-state index >= 15 is 0 Å². The highest BCUT2D eigenvalue weighted by Crippen LogP contribution is 2.20. The Morgan fingerprint density at radius 3 is 2.26 bits per heavy atom. The molecule has 1 unspecified atom stereocenters. The van der Waals surface area contributed by atoms with Crippen LogP contribution >= 0.6 is 11.9 Å². The van der Waals surface area contributed by atoms with Gasteiger partial charge in [0.25, 0.3) is 0 Å². The molecule has 0 bridgehead atoms. The number of ether oxygens (including phenoxy) is 2. The summed E-state index contributed by atoms with van der Waals surface area (Å²) >= 11 is 0.974. The van der Waals surface area contributed by atoms with E-state index in [2.05, 4.69) is 0 Å². The number of imide groups is 1. The lowest BCUT2D eigenvalue weighted by Gasteiger charge is -2.30. The Bertz CT molecular complexity index is 640. The van der Waals surface area contributed by atoms with Crippen LogP contribution in [0.2, 0.25) is 0 Å². The molecular weight excluding hydrogens is 372 g/mol. The molecule has 0 radical (unpaired) electrons. The molecule has 1 aromatic carbocycles. The van der Waals surface area contributed by atoms with Crippen molar-refractivity contribution in [1.29, 1.82) is 0 Å². The van der Waals surface area contributed by atoms with Crippen LogP contribution < -0.4 is 0 Å². The third-order valence-corrected chi connectivity index (χ3v) is 4.28. The quantitative estimate of drug-likeness (QED) is 0.339. The average Bonchev–Trinajstić information content (AvgIpc) is 2.67. The van der Waals surface area contributed by atoms with Crippen molar-refractivity contribution in [2.24, 2.45) is 0 Å². The second-order valence-corrected chi connectivity index (χ2v) is 6.05.